The molecular formula is C17H18N4O. The smallest absolute Gasteiger partial charge is 0.163 e. The largest absolute Gasteiger partial charge is 0.393 e. The van der Waals surface area contributed by atoms with E-state index in [1.54, 1.807) is 0 Å². The summed E-state index contributed by atoms with van der Waals surface area (Å²) in [5.41, 5.74) is 1.82. The minimum Gasteiger partial charge on any atom is -0.393 e. The average Bonchev–Trinajstić information content (AvgIpc) is 3.17. The number of hydrogen-bond donors (Lipinski definition) is 3. The zero-order valence-electron chi connectivity index (χ0n) is 12.2. The van der Waals surface area contributed by atoms with Crippen molar-refractivity contribution in [1.29, 1.82) is 0 Å². The zero-order valence-corrected chi connectivity index (χ0v) is 12.2. The molecule has 0 spiro atoms. The summed E-state index contributed by atoms with van der Waals surface area (Å²) in [6.45, 7) is 0. The first-order chi connectivity index (χ1) is 10.8. The molecule has 22 heavy (non-hydrogen) atoms. The predicted octanol–water partition coefficient (Wildman–Crippen LogP) is 2.95. The molecule has 5 heteroatoms. The van der Waals surface area contributed by atoms with Crippen molar-refractivity contribution in [1.82, 2.24) is 15.0 Å². The van der Waals surface area contributed by atoms with Crippen LogP contribution in [-0.2, 0) is 0 Å². The Kier molecular flexibility index (Phi) is 3.27. The Bertz CT molecular complexity index is 784. The van der Waals surface area contributed by atoms with Gasteiger partial charge < -0.3 is 15.4 Å². The second kappa shape index (κ2) is 5.42. The fraction of sp³-hybridized carbons (Fsp3) is 0.294. The third-order valence-corrected chi connectivity index (χ3v) is 4.19. The first kappa shape index (κ1) is 13.3. The number of benzene rings is 1. The molecule has 3 aromatic rings. The van der Waals surface area contributed by atoms with Crippen LogP contribution in [0.1, 0.15) is 19.3 Å². The summed E-state index contributed by atoms with van der Waals surface area (Å²) in [5, 5.41) is 14.2. The van der Waals surface area contributed by atoms with Crippen LogP contribution in [0.25, 0.3) is 22.4 Å². The maximum Gasteiger partial charge on any atom is 0.163 e. The Labute approximate surface area is 128 Å². The van der Waals surface area contributed by atoms with Crippen LogP contribution in [0.4, 0.5) is 5.82 Å². The number of aromatic nitrogens is 3. The number of aromatic amines is 1. The highest BCUT2D eigenvalue weighted by Crippen LogP contribution is 2.28. The maximum absolute atomic E-state index is 9.70. The molecule has 1 aliphatic carbocycles. The van der Waals surface area contributed by atoms with Crippen molar-refractivity contribution < 1.29 is 5.11 Å². The van der Waals surface area contributed by atoms with Gasteiger partial charge in [0.05, 0.1) is 11.5 Å². The number of fused-ring (bicyclic) bond motifs is 1. The van der Waals surface area contributed by atoms with Crippen LogP contribution in [0.15, 0.2) is 42.6 Å². The molecule has 5 nitrogen and oxygen atoms in total. The third-order valence-electron chi connectivity index (χ3n) is 4.19. The van der Waals surface area contributed by atoms with E-state index in [-0.39, 0.29) is 12.1 Å². The van der Waals surface area contributed by atoms with Crippen molar-refractivity contribution in [2.45, 2.75) is 31.4 Å². The number of hydrogen-bond acceptors (Lipinski definition) is 4. The van der Waals surface area contributed by atoms with Gasteiger partial charge in [-0.25, -0.2) is 9.97 Å². The van der Waals surface area contributed by atoms with E-state index in [0.717, 1.165) is 41.7 Å². The quantitative estimate of drug-likeness (QED) is 0.694. The van der Waals surface area contributed by atoms with Crippen LogP contribution >= 0.6 is 0 Å². The van der Waals surface area contributed by atoms with Gasteiger partial charge in [0.15, 0.2) is 5.82 Å². The van der Waals surface area contributed by atoms with Gasteiger partial charge in [0.1, 0.15) is 11.5 Å². The Morgan fingerprint density at radius 3 is 2.73 bits per heavy atom. The number of aliphatic hydroxyl groups is 1. The fourth-order valence-electron chi connectivity index (χ4n) is 3.05. The molecule has 0 amide bonds. The molecule has 1 fully saturated rings. The lowest BCUT2D eigenvalue weighted by molar-refractivity contribution is 0.182. The van der Waals surface area contributed by atoms with Gasteiger partial charge in [0.25, 0.3) is 0 Å². The molecule has 0 aliphatic heterocycles. The molecule has 0 bridgehead atoms. The van der Waals surface area contributed by atoms with E-state index in [2.05, 4.69) is 15.3 Å². The highest BCUT2D eigenvalue weighted by molar-refractivity contribution is 5.88. The first-order valence-electron chi connectivity index (χ1n) is 7.65. The zero-order chi connectivity index (χ0) is 14.9. The molecule has 2 heterocycles. The van der Waals surface area contributed by atoms with Crippen molar-refractivity contribution in [3.63, 3.8) is 0 Å². The molecule has 2 atom stereocenters. The minimum atomic E-state index is -0.199. The van der Waals surface area contributed by atoms with Crippen LogP contribution in [0.2, 0.25) is 0 Å². The Balaban J connectivity index is 1.74. The minimum absolute atomic E-state index is 0.199. The van der Waals surface area contributed by atoms with Crippen LogP contribution < -0.4 is 5.32 Å². The van der Waals surface area contributed by atoms with Crippen LogP contribution in [0.5, 0.6) is 0 Å². The van der Waals surface area contributed by atoms with E-state index in [1.165, 1.54) is 0 Å². The number of nitrogens with one attached hydrogen (secondary N) is 2. The summed E-state index contributed by atoms with van der Waals surface area (Å²) >= 11 is 0. The van der Waals surface area contributed by atoms with E-state index in [0.29, 0.717) is 5.82 Å². The molecule has 2 aromatic heterocycles. The molecule has 4 rings (SSSR count). The first-order valence-corrected chi connectivity index (χ1v) is 7.65. The van der Waals surface area contributed by atoms with E-state index in [1.807, 2.05) is 42.6 Å². The molecule has 1 aliphatic rings. The topological polar surface area (TPSA) is 73.8 Å². The second-order valence-electron chi connectivity index (χ2n) is 5.81. The van der Waals surface area contributed by atoms with Crippen LogP contribution in [0, 0.1) is 0 Å². The molecule has 0 saturated heterocycles. The fourth-order valence-corrected chi connectivity index (χ4v) is 3.05. The van der Waals surface area contributed by atoms with Gasteiger partial charge in [-0.15, -0.1) is 0 Å². The third kappa shape index (κ3) is 2.44. The summed E-state index contributed by atoms with van der Waals surface area (Å²) in [5.74, 6) is 1.54. The number of H-pyrrole nitrogens is 1. The van der Waals surface area contributed by atoms with Gasteiger partial charge in [-0.2, -0.15) is 0 Å². The lowest BCUT2D eigenvalue weighted by Crippen LogP contribution is -2.18. The summed E-state index contributed by atoms with van der Waals surface area (Å²) < 4.78 is 0. The van der Waals surface area contributed by atoms with Crippen LogP contribution in [-0.4, -0.2) is 32.2 Å². The highest BCUT2D eigenvalue weighted by atomic mass is 16.3. The van der Waals surface area contributed by atoms with Crippen LogP contribution in [0.3, 0.4) is 0 Å². The number of aliphatic hydroxyl groups excluding tert-OH is 1. The molecule has 1 saturated carbocycles. The standard InChI is InChI=1S/C17H18N4O/c22-13-7-6-12(10-13)19-17-14-8-9-18-16(14)20-15(21-17)11-4-2-1-3-5-11/h1-5,8-9,12-13,22H,6-7,10H2,(H2,18,19,20,21)/t12-,13+/m1/s1. The number of nitrogens with zero attached hydrogens (tertiary/aromatic N) is 2. The number of rotatable bonds is 3. The van der Waals surface area contributed by atoms with Crippen molar-refractivity contribution >= 4 is 16.9 Å². The summed E-state index contributed by atoms with van der Waals surface area (Å²) in [6, 6.07) is 12.2. The lowest BCUT2D eigenvalue weighted by Gasteiger charge is -2.14. The monoisotopic (exact) mass is 294 g/mol. The van der Waals surface area contributed by atoms with E-state index < -0.39 is 0 Å². The SMILES string of the molecule is O[C@H]1CC[C@@H](Nc2nc(-c3ccccc3)nc3[nH]ccc23)C1. The normalized spacial score (nSPS) is 21.3. The van der Waals surface area contributed by atoms with Gasteiger partial charge in [0, 0.05) is 17.8 Å². The van der Waals surface area contributed by atoms with E-state index >= 15 is 0 Å². The summed E-state index contributed by atoms with van der Waals surface area (Å²) in [7, 11) is 0. The average molecular weight is 294 g/mol. The van der Waals surface area contributed by atoms with E-state index in [4.69, 9.17) is 4.98 Å². The molecular weight excluding hydrogens is 276 g/mol. The summed E-state index contributed by atoms with van der Waals surface area (Å²) in [4.78, 5) is 12.5. The predicted molar refractivity (Wildman–Crippen MR) is 86.6 cm³/mol. The molecule has 3 N–H and O–H groups in total. The van der Waals surface area contributed by atoms with E-state index in [9.17, 15) is 5.11 Å². The van der Waals surface area contributed by atoms with Gasteiger partial charge in [-0.1, -0.05) is 30.3 Å². The van der Waals surface area contributed by atoms with Crippen molar-refractivity contribution in [3.8, 4) is 11.4 Å². The molecule has 112 valence electrons. The summed E-state index contributed by atoms with van der Waals surface area (Å²) in [6.07, 6.45) is 4.27. The Morgan fingerprint density at radius 1 is 1.09 bits per heavy atom. The lowest BCUT2D eigenvalue weighted by atomic mass is 10.2. The molecule has 0 radical (unpaired) electrons. The maximum atomic E-state index is 9.70. The number of anilines is 1. The van der Waals surface area contributed by atoms with Gasteiger partial charge in [-0.3, -0.25) is 0 Å². The Morgan fingerprint density at radius 2 is 1.95 bits per heavy atom. The van der Waals surface area contributed by atoms with Gasteiger partial charge in [-0.05, 0) is 25.3 Å². The van der Waals surface area contributed by atoms with Crippen molar-refractivity contribution in [2.75, 3.05) is 5.32 Å². The molecule has 0 unspecified atom stereocenters. The van der Waals surface area contributed by atoms with Gasteiger partial charge in [0.2, 0.25) is 0 Å². The highest BCUT2D eigenvalue weighted by Gasteiger charge is 2.24. The molecule has 1 aromatic carbocycles. The van der Waals surface area contributed by atoms with Crippen molar-refractivity contribution in [3.05, 3.63) is 42.6 Å². The van der Waals surface area contributed by atoms with Gasteiger partial charge >= 0.3 is 0 Å². The van der Waals surface area contributed by atoms with Crippen molar-refractivity contribution in [2.24, 2.45) is 0 Å². The Hall–Kier alpha value is -2.40. The second-order valence-corrected chi connectivity index (χ2v) is 5.81.